The summed E-state index contributed by atoms with van der Waals surface area (Å²) in [6.07, 6.45) is 6.56. The van der Waals surface area contributed by atoms with Gasteiger partial charge in [0.15, 0.2) is 0 Å². The van der Waals surface area contributed by atoms with Crippen LogP contribution in [0.1, 0.15) is 44.4 Å². The van der Waals surface area contributed by atoms with Gasteiger partial charge in [-0.2, -0.15) is 0 Å². The number of nitrogens with zero attached hydrogens (tertiary/aromatic N) is 1. The summed E-state index contributed by atoms with van der Waals surface area (Å²) in [5.41, 5.74) is 7.07. The number of hydrogen-bond acceptors (Lipinski definition) is 3. The quantitative estimate of drug-likeness (QED) is 0.789. The van der Waals surface area contributed by atoms with Crippen LogP contribution in [0.3, 0.4) is 0 Å². The minimum Gasteiger partial charge on any atom is -0.370 e. The highest BCUT2D eigenvalue weighted by atomic mass is 16.5. The summed E-state index contributed by atoms with van der Waals surface area (Å²) < 4.78 is 5.94. The highest BCUT2D eigenvalue weighted by Crippen LogP contribution is 2.33. The Labute approximate surface area is 103 Å². The molecule has 1 aromatic heterocycles. The third-order valence-electron chi connectivity index (χ3n) is 3.36. The Balaban J connectivity index is 1.92. The van der Waals surface area contributed by atoms with E-state index in [1.807, 2.05) is 18.2 Å². The van der Waals surface area contributed by atoms with Crippen LogP contribution in [0.15, 0.2) is 24.4 Å². The van der Waals surface area contributed by atoms with Gasteiger partial charge in [0, 0.05) is 18.8 Å². The fraction of sp³-hybridized carbons (Fsp3) is 0.643. The zero-order valence-electron chi connectivity index (χ0n) is 10.5. The number of nitrogens with two attached hydrogens (primary N) is 1. The highest BCUT2D eigenvalue weighted by Gasteiger charge is 2.24. The van der Waals surface area contributed by atoms with E-state index in [1.54, 1.807) is 6.20 Å². The molecule has 2 N–H and O–H groups in total. The van der Waals surface area contributed by atoms with Crippen LogP contribution in [-0.4, -0.2) is 17.6 Å². The molecule has 3 heteroatoms. The molecule has 94 valence electrons. The van der Waals surface area contributed by atoms with Gasteiger partial charge in [-0.05, 0) is 30.9 Å². The van der Waals surface area contributed by atoms with Gasteiger partial charge < -0.3 is 10.5 Å². The smallest absolute Gasteiger partial charge is 0.114 e. The second-order valence-electron chi connectivity index (χ2n) is 4.85. The lowest BCUT2D eigenvalue weighted by Gasteiger charge is -2.22. The van der Waals surface area contributed by atoms with Crippen LogP contribution in [0.4, 0.5) is 0 Å². The lowest BCUT2D eigenvalue weighted by Crippen LogP contribution is -2.30. The zero-order valence-corrected chi connectivity index (χ0v) is 10.5. The van der Waals surface area contributed by atoms with E-state index < -0.39 is 0 Å². The molecule has 0 amide bonds. The van der Waals surface area contributed by atoms with E-state index >= 15 is 0 Å². The first kappa shape index (κ1) is 12.5. The van der Waals surface area contributed by atoms with E-state index in [1.165, 1.54) is 19.3 Å². The van der Waals surface area contributed by atoms with Crippen molar-refractivity contribution in [1.82, 2.24) is 4.98 Å². The van der Waals surface area contributed by atoms with Gasteiger partial charge in [0.05, 0.1) is 5.69 Å². The molecule has 0 bridgehead atoms. The van der Waals surface area contributed by atoms with Gasteiger partial charge in [0.1, 0.15) is 6.10 Å². The number of ether oxygens (including phenoxy) is 1. The first-order valence-electron chi connectivity index (χ1n) is 6.59. The van der Waals surface area contributed by atoms with Gasteiger partial charge in [0.2, 0.25) is 0 Å². The van der Waals surface area contributed by atoms with Crippen molar-refractivity contribution in [3.05, 3.63) is 30.1 Å². The van der Waals surface area contributed by atoms with Crippen LogP contribution in [0.25, 0.3) is 0 Å². The molecule has 0 radical (unpaired) electrons. The molecular weight excluding hydrogens is 212 g/mol. The molecule has 2 atom stereocenters. The molecule has 17 heavy (non-hydrogen) atoms. The molecule has 2 unspecified atom stereocenters. The molecule has 1 aliphatic rings. The number of hydrogen-bond donors (Lipinski definition) is 1. The van der Waals surface area contributed by atoms with E-state index in [9.17, 15) is 0 Å². The molecule has 1 fully saturated rings. The van der Waals surface area contributed by atoms with Gasteiger partial charge in [-0.15, -0.1) is 0 Å². The number of rotatable bonds is 7. The summed E-state index contributed by atoms with van der Waals surface area (Å²) in [5.74, 6) is 0.900. The molecule has 3 nitrogen and oxygen atoms in total. The van der Waals surface area contributed by atoms with Crippen LogP contribution in [-0.2, 0) is 4.74 Å². The van der Waals surface area contributed by atoms with Crippen LogP contribution >= 0.6 is 0 Å². The summed E-state index contributed by atoms with van der Waals surface area (Å²) in [7, 11) is 0. The van der Waals surface area contributed by atoms with Crippen molar-refractivity contribution in [1.29, 1.82) is 0 Å². The third-order valence-corrected chi connectivity index (χ3v) is 3.36. The van der Waals surface area contributed by atoms with Crippen molar-refractivity contribution in [3.8, 4) is 0 Å². The van der Waals surface area contributed by atoms with E-state index in [-0.39, 0.29) is 12.1 Å². The maximum absolute atomic E-state index is 6.12. The Morgan fingerprint density at radius 1 is 1.47 bits per heavy atom. The van der Waals surface area contributed by atoms with E-state index in [0.29, 0.717) is 0 Å². The molecule has 1 aromatic rings. The summed E-state index contributed by atoms with van der Waals surface area (Å²) in [5, 5.41) is 0. The van der Waals surface area contributed by atoms with Crippen LogP contribution < -0.4 is 5.73 Å². The maximum atomic E-state index is 6.12. The van der Waals surface area contributed by atoms with Gasteiger partial charge >= 0.3 is 0 Å². The van der Waals surface area contributed by atoms with E-state index in [0.717, 1.165) is 24.6 Å². The Bertz CT molecular complexity index is 324. The highest BCUT2D eigenvalue weighted by molar-refractivity contribution is 5.09. The Kier molecular flexibility index (Phi) is 4.51. The second-order valence-corrected chi connectivity index (χ2v) is 4.85. The van der Waals surface area contributed by atoms with Crippen molar-refractivity contribution in [3.63, 3.8) is 0 Å². The van der Waals surface area contributed by atoms with E-state index in [4.69, 9.17) is 10.5 Å². The Morgan fingerprint density at radius 3 is 2.88 bits per heavy atom. The maximum Gasteiger partial charge on any atom is 0.114 e. The first-order valence-corrected chi connectivity index (χ1v) is 6.59. The Hall–Kier alpha value is -0.930. The summed E-state index contributed by atoms with van der Waals surface area (Å²) in [6, 6.07) is 5.94. The lowest BCUT2D eigenvalue weighted by atomic mass is 10.1. The second kappa shape index (κ2) is 6.12. The molecule has 2 rings (SSSR count). The monoisotopic (exact) mass is 234 g/mol. The van der Waals surface area contributed by atoms with Gasteiger partial charge in [-0.3, -0.25) is 4.98 Å². The normalized spacial score (nSPS) is 18.9. The molecule has 0 spiro atoms. The van der Waals surface area contributed by atoms with Crippen molar-refractivity contribution >= 4 is 0 Å². The average molecular weight is 234 g/mol. The predicted molar refractivity (Wildman–Crippen MR) is 68.5 cm³/mol. The molecular formula is C14H22N2O. The molecule has 0 aromatic carbocycles. The van der Waals surface area contributed by atoms with Crippen molar-refractivity contribution in [2.45, 2.75) is 44.8 Å². The topological polar surface area (TPSA) is 48.1 Å². The largest absolute Gasteiger partial charge is 0.370 e. The SMILES string of the molecule is CCC(N)C(OCCC1CC1)c1ccccn1. The van der Waals surface area contributed by atoms with Crippen molar-refractivity contribution < 1.29 is 4.74 Å². The molecule has 0 saturated heterocycles. The third kappa shape index (κ3) is 3.79. The van der Waals surface area contributed by atoms with Crippen LogP contribution in [0.5, 0.6) is 0 Å². The molecule has 0 aliphatic heterocycles. The molecule has 1 saturated carbocycles. The fourth-order valence-corrected chi connectivity index (χ4v) is 1.95. The van der Waals surface area contributed by atoms with Crippen molar-refractivity contribution in [2.24, 2.45) is 11.7 Å². The molecule has 1 heterocycles. The summed E-state index contributed by atoms with van der Waals surface area (Å²) in [4.78, 5) is 4.36. The minimum absolute atomic E-state index is 0.0316. The first-order chi connectivity index (χ1) is 8.31. The van der Waals surface area contributed by atoms with Crippen LogP contribution in [0, 0.1) is 5.92 Å². The van der Waals surface area contributed by atoms with E-state index in [2.05, 4.69) is 11.9 Å². The number of aromatic nitrogens is 1. The number of pyridine rings is 1. The standard InChI is InChI=1S/C14H22N2O/c1-2-12(15)14(13-5-3-4-9-16-13)17-10-8-11-6-7-11/h3-5,9,11-12,14H,2,6-8,10,15H2,1H3. The summed E-state index contributed by atoms with van der Waals surface area (Å²) in [6.45, 7) is 2.89. The van der Waals surface area contributed by atoms with Gasteiger partial charge in [0.25, 0.3) is 0 Å². The zero-order chi connectivity index (χ0) is 12.1. The summed E-state index contributed by atoms with van der Waals surface area (Å²) >= 11 is 0. The average Bonchev–Trinajstić information content (AvgIpc) is 3.19. The lowest BCUT2D eigenvalue weighted by molar-refractivity contribution is 0.0272. The Morgan fingerprint density at radius 2 is 2.29 bits per heavy atom. The van der Waals surface area contributed by atoms with Gasteiger partial charge in [-0.25, -0.2) is 0 Å². The van der Waals surface area contributed by atoms with Crippen LogP contribution in [0.2, 0.25) is 0 Å². The van der Waals surface area contributed by atoms with Gasteiger partial charge in [-0.1, -0.05) is 25.8 Å². The fourth-order valence-electron chi connectivity index (χ4n) is 1.95. The predicted octanol–water partition coefficient (Wildman–Crippen LogP) is 2.68. The van der Waals surface area contributed by atoms with Crippen molar-refractivity contribution in [2.75, 3.05) is 6.61 Å². The molecule has 1 aliphatic carbocycles. The minimum atomic E-state index is -0.0556.